The maximum Gasteiger partial charge on any atom is 0.225 e. The van der Waals surface area contributed by atoms with E-state index in [0.29, 0.717) is 11.8 Å². The summed E-state index contributed by atoms with van der Waals surface area (Å²) in [5, 5.41) is 8.53. The molecule has 106 valence electrons. The second-order valence-corrected chi connectivity index (χ2v) is 4.93. The lowest BCUT2D eigenvalue weighted by Gasteiger charge is -2.09. The van der Waals surface area contributed by atoms with Crippen LogP contribution in [0.25, 0.3) is 11.4 Å². The number of ether oxygens (including phenoxy) is 1. The van der Waals surface area contributed by atoms with E-state index in [2.05, 4.69) is 10.2 Å². The molecule has 1 heterocycles. The van der Waals surface area contributed by atoms with Crippen molar-refractivity contribution in [2.24, 2.45) is 0 Å². The summed E-state index contributed by atoms with van der Waals surface area (Å²) in [6, 6.07) is 17.7. The molecule has 0 aliphatic carbocycles. The fourth-order valence-corrected chi connectivity index (χ4v) is 2.36. The Morgan fingerprint density at radius 1 is 1.05 bits per heavy atom. The van der Waals surface area contributed by atoms with Crippen LogP contribution < -0.4 is 4.74 Å². The maximum absolute atomic E-state index is 6.18. The summed E-state index contributed by atoms with van der Waals surface area (Å²) in [6.07, 6.45) is 0. The lowest BCUT2D eigenvalue weighted by molar-refractivity contribution is 0.414. The van der Waals surface area contributed by atoms with Gasteiger partial charge in [-0.3, -0.25) is 4.57 Å². The molecule has 0 radical (unpaired) electrons. The van der Waals surface area contributed by atoms with Crippen molar-refractivity contribution in [1.29, 1.82) is 0 Å². The first kappa shape index (κ1) is 13.6. The Kier molecular flexibility index (Phi) is 3.88. The van der Waals surface area contributed by atoms with Crippen molar-refractivity contribution in [1.82, 2.24) is 14.8 Å². The molecule has 0 saturated carbocycles. The van der Waals surface area contributed by atoms with E-state index in [9.17, 15) is 0 Å². The van der Waals surface area contributed by atoms with Crippen molar-refractivity contribution in [3.05, 3.63) is 65.4 Å². The lowest BCUT2D eigenvalue weighted by atomic mass is 10.2. The number of methoxy groups -OCH3 is 1. The van der Waals surface area contributed by atoms with Gasteiger partial charge in [-0.25, -0.2) is 0 Å². The smallest absolute Gasteiger partial charge is 0.225 e. The van der Waals surface area contributed by atoms with Crippen LogP contribution in [0.3, 0.4) is 0 Å². The van der Waals surface area contributed by atoms with E-state index >= 15 is 0 Å². The van der Waals surface area contributed by atoms with Gasteiger partial charge >= 0.3 is 0 Å². The third-order valence-corrected chi connectivity index (χ3v) is 3.49. The van der Waals surface area contributed by atoms with E-state index in [1.165, 1.54) is 0 Å². The summed E-state index contributed by atoms with van der Waals surface area (Å²) in [7, 11) is 1.65. The molecule has 21 heavy (non-hydrogen) atoms. The first-order valence-corrected chi connectivity index (χ1v) is 6.93. The van der Waals surface area contributed by atoms with Crippen molar-refractivity contribution < 1.29 is 4.74 Å². The number of hydrogen-bond acceptors (Lipinski definition) is 3. The summed E-state index contributed by atoms with van der Waals surface area (Å²) in [5.41, 5.74) is 2.06. The Morgan fingerprint density at radius 2 is 1.86 bits per heavy atom. The van der Waals surface area contributed by atoms with Gasteiger partial charge in [0.2, 0.25) is 5.28 Å². The van der Waals surface area contributed by atoms with Crippen LogP contribution in [0, 0.1) is 0 Å². The number of halogens is 1. The molecule has 3 aromatic rings. The van der Waals surface area contributed by atoms with Crippen LogP contribution in [-0.4, -0.2) is 21.9 Å². The Bertz CT molecular complexity index is 740. The average Bonchev–Trinajstić information content (AvgIpc) is 2.89. The number of nitrogens with zero attached hydrogens (tertiary/aromatic N) is 3. The lowest BCUT2D eigenvalue weighted by Crippen LogP contribution is -2.02. The van der Waals surface area contributed by atoms with Crippen LogP contribution in [-0.2, 0) is 6.54 Å². The van der Waals surface area contributed by atoms with Crippen LogP contribution >= 0.6 is 11.6 Å². The molecule has 2 aromatic carbocycles. The van der Waals surface area contributed by atoms with Crippen molar-refractivity contribution in [2.75, 3.05) is 7.11 Å². The number of hydrogen-bond donors (Lipinski definition) is 0. The molecule has 4 nitrogen and oxygen atoms in total. The van der Waals surface area contributed by atoms with Gasteiger partial charge < -0.3 is 4.74 Å². The van der Waals surface area contributed by atoms with Gasteiger partial charge in [-0.1, -0.05) is 42.5 Å². The highest BCUT2D eigenvalue weighted by Gasteiger charge is 2.12. The highest BCUT2D eigenvalue weighted by Crippen LogP contribution is 2.22. The van der Waals surface area contributed by atoms with Gasteiger partial charge in [0.05, 0.1) is 13.7 Å². The fourth-order valence-electron chi connectivity index (χ4n) is 2.18. The summed E-state index contributed by atoms with van der Waals surface area (Å²) in [5.74, 6) is 1.57. The van der Waals surface area contributed by atoms with Crippen LogP contribution in [0.5, 0.6) is 5.75 Å². The van der Waals surface area contributed by atoms with Crippen LogP contribution in [0.2, 0.25) is 5.28 Å². The molecular weight excluding hydrogens is 286 g/mol. The maximum atomic E-state index is 6.18. The Hall–Kier alpha value is -2.33. The minimum atomic E-state index is 0.372. The Labute approximate surface area is 128 Å². The van der Waals surface area contributed by atoms with E-state index in [0.717, 1.165) is 22.7 Å². The zero-order chi connectivity index (χ0) is 14.7. The van der Waals surface area contributed by atoms with E-state index in [4.69, 9.17) is 16.3 Å². The molecule has 0 amide bonds. The number of aromatic nitrogens is 3. The van der Waals surface area contributed by atoms with E-state index < -0.39 is 0 Å². The van der Waals surface area contributed by atoms with Crippen molar-refractivity contribution in [2.45, 2.75) is 6.54 Å². The molecule has 5 heteroatoms. The van der Waals surface area contributed by atoms with Crippen LogP contribution in [0.1, 0.15) is 5.56 Å². The largest absolute Gasteiger partial charge is 0.497 e. The molecule has 0 saturated heterocycles. The molecule has 0 N–H and O–H groups in total. The summed E-state index contributed by atoms with van der Waals surface area (Å²) >= 11 is 6.18. The molecule has 0 fully saturated rings. The van der Waals surface area contributed by atoms with Gasteiger partial charge in [-0.2, -0.15) is 0 Å². The second kappa shape index (κ2) is 5.97. The normalized spacial score (nSPS) is 10.6. The third kappa shape index (κ3) is 2.90. The summed E-state index contributed by atoms with van der Waals surface area (Å²) in [6.45, 7) is 0.591. The highest BCUT2D eigenvalue weighted by molar-refractivity contribution is 6.28. The zero-order valence-corrected chi connectivity index (χ0v) is 12.3. The molecule has 0 bridgehead atoms. The van der Waals surface area contributed by atoms with Gasteiger partial charge in [0.25, 0.3) is 0 Å². The van der Waals surface area contributed by atoms with Gasteiger partial charge in [-0.05, 0) is 29.3 Å². The molecule has 0 spiro atoms. The van der Waals surface area contributed by atoms with Gasteiger partial charge in [0, 0.05) is 5.56 Å². The van der Waals surface area contributed by atoms with Crippen molar-refractivity contribution in [3.8, 4) is 17.1 Å². The van der Waals surface area contributed by atoms with E-state index in [1.54, 1.807) is 7.11 Å². The fraction of sp³-hybridized carbons (Fsp3) is 0.125. The van der Waals surface area contributed by atoms with Crippen molar-refractivity contribution in [3.63, 3.8) is 0 Å². The molecule has 3 rings (SSSR count). The first-order valence-electron chi connectivity index (χ1n) is 6.55. The monoisotopic (exact) mass is 299 g/mol. The minimum Gasteiger partial charge on any atom is -0.497 e. The molecular formula is C16H14ClN3O. The van der Waals surface area contributed by atoms with Gasteiger partial charge in [-0.15, -0.1) is 10.2 Å². The average molecular weight is 300 g/mol. The third-order valence-electron chi connectivity index (χ3n) is 3.21. The second-order valence-electron chi connectivity index (χ2n) is 4.60. The zero-order valence-electron chi connectivity index (χ0n) is 11.5. The SMILES string of the molecule is COc1cccc(Cn2c(Cl)nnc2-c2ccccc2)c1. The molecule has 0 atom stereocenters. The predicted octanol–water partition coefficient (Wildman–Crippen LogP) is 3.66. The van der Waals surface area contributed by atoms with Gasteiger partial charge in [0.1, 0.15) is 5.75 Å². The number of rotatable bonds is 4. The van der Waals surface area contributed by atoms with E-state index in [-0.39, 0.29) is 0 Å². The molecule has 0 unspecified atom stereocenters. The quantitative estimate of drug-likeness (QED) is 0.738. The summed E-state index contributed by atoms with van der Waals surface area (Å²) < 4.78 is 7.13. The highest BCUT2D eigenvalue weighted by atomic mass is 35.5. The van der Waals surface area contributed by atoms with E-state index in [1.807, 2.05) is 59.2 Å². The minimum absolute atomic E-state index is 0.372. The first-order chi connectivity index (χ1) is 10.3. The molecule has 1 aromatic heterocycles. The van der Waals surface area contributed by atoms with Gasteiger partial charge in [0.15, 0.2) is 5.82 Å². The van der Waals surface area contributed by atoms with Crippen LogP contribution in [0.15, 0.2) is 54.6 Å². The van der Waals surface area contributed by atoms with Crippen LogP contribution in [0.4, 0.5) is 0 Å². The molecule has 0 aliphatic heterocycles. The summed E-state index contributed by atoms with van der Waals surface area (Å²) in [4.78, 5) is 0. The molecule has 0 aliphatic rings. The predicted molar refractivity (Wildman–Crippen MR) is 82.6 cm³/mol. The standard InChI is InChI=1S/C16H14ClN3O/c1-21-14-9-5-6-12(10-14)11-20-15(18-19-16(20)17)13-7-3-2-4-8-13/h2-10H,11H2,1H3. The topological polar surface area (TPSA) is 39.9 Å². The number of benzene rings is 2. The Morgan fingerprint density at radius 3 is 2.62 bits per heavy atom. The van der Waals surface area contributed by atoms with Crippen molar-refractivity contribution >= 4 is 11.6 Å². The Balaban J connectivity index is 1.97.